The molecule has 0 unspecified atom stereocenters. The molecule has 6 heterocycles. The Bertz CT molecular complexity index is 1580. The molecule has 37 heavy (non-hydrogen) atoms. The van der Waals surface area contributed by atoms with Gasteiger partial charge in [0.05, 0.1) is 35.5 Å². The quantitative estimate of drug-likeness (QED) is 0.286. The molecule has 9 nitrogen and oxygen atoms in total. The van der Waals surface area contributed by atoms with Crippen LogP contribution in [-0.2, 0) is 4.79 Å². The van der Waals surface area contributed by atoms with Crippen LogP contribution in [-0.4, -0.2) is 48.9 Å². The van der Waals surface area contributed by atoms with Gasteiger partial charge in [-0.15, -0.1) is 0 Å². The van der Waals surface area contributed by atoms with Gasteiger partial charge in [0.1, 0.15) is 17.0 Å². The number of nitrogens with one attached hydrogen (secondary N) is 3. The number of carbonyl (C=O) groups excluding carboxylic acids is 1. The number of rotatable bonds is 6. The third-order valence-corrected chi connectivity index (χ3v) is 6.81. The third-order valence-electron chi connectivity index (χ3n) is 6.81. The van der Waals surface area contributed by atoms with Crippen LogP contribution < -0.4 is 10.2 Å². The van der Waals surface area contributed by atoms with E-state index in [1.807, 2.05) is 44.7 Å². The van der Waals surface area contributed by atoms with Gasteiger partial charge in [-0.1, -0.05) is 13.8 Å². The summed E-state index contributed by atoms with van der Waals surface area (Å²) in [7, 11) is 0. The number of anilines is 2. The fourth-order valence-corrected chi connectivity index (χ4v) is 5.02. The van der Waals surface area contributed by atoms with Gasteiger partial charge in [0, 0.05) is 60.2 Å². The summed E-state index contributed by atoms with van der Waals surface area (Å²) in [5.74, 6) is 1.05. The van der Waals surface area contributed by atoms with Gasteiger partial charge in [0.15, 0.2) is 0 Å². The Morgan fingerprint density at radius 3 is 2.68 bits per heavy atom. The molecule has 6 rings (SSSR count). The van der Waals surface area contributed by atoms with Crippen LogP contribution in [0.3, 0.4) is 0 Å². The highest BCUT2D eigenvalue weighted by Gasteiger charge is 2.19. The number of piperidine rings is 1. The molecule has 9 heteroatoms. The monoisotopic (exact) mass is 494 g/mol. The molecule has 0 bridgehead atoms. The zero-order chi connectivity index (χ0) is 25.4. The summed E-state index contributed by atoms with van der Waals surface area (Å²) in [6, 6.07) is 4.01. The van der Waals surface area contributed by atoms with Crippen LogP contribution in [0, 0.1) is 5.92 Å². The summed E-state index contributed by atoms with van der Waals surface area (Å²) in [5.41, 5.74) is 7.14. The second-order valence-corrected chi connectivity index (χ2v) is 10.1. The average Bonchev–Trinajstić information content (AvgIpc) is 3.52. The number of aromatic amines is 2. The van der Waals surface area contributed by atoms with E-state index in [0.29, 0.717) is 18.0 Å². The normalized spacial score (nSPS) is 14.1. The molecule has 1 aliphatic heterocycles. The minimum Gasteiger partial charge on any atom is -0.368 e. The van der Waals surface area contributed by atoms with E-state index in [1.165, 1.54) is 19.3 Å². The molecule has 0 aromatic carbocycles. The molecular formula is C28H30N8O. The first-order valence-electron chi connectivity index (χ1n) is 12.9. The zero-order valence-corrected chi connectivity index (χ0v) is 21.1. The molecule has 188 valence electrons. The van der Waals surface area contributed by atoms with Gasteiger partial charge in [0.2, 0.25) is 5.91 Å². The van der Waals surface area contributed by atoms with Crippen LogP contribution in [0.1, 0.15) is 39.5 Å². The number of amides is 1. The maximum Gasteiger partial charge on any atom is 0.224 e. The minimum absolute atomic E-state index is 0.0151. The van der Waals surface area contributed by atoms with Gasteiger partial charge < -0.3 is 20.2 Å². The number of hydrogen-bond acceptors (Lipinski definition) is 6. The van der Waals surface area contributed by atoms with Crippen molar-refractivity contribution in [2.45, 2.75) is 39.5 Å². The number of pyridine rings is 3. The summed E-state index contributed by atoms with van der Waals surface area (Å²) >= 11 is 0. The molecule has 1 amide bonds. The smallest absolute Gasteiger partial charge is 0.224 e. The molecule has 1 saturated heterocycles. The number of fused-ring (bicyclic) bond motifs is 2. The van der Waals surface area contributed by atoms with Gasteiger partial charge >= 0.3 is 0 Å². The van der Waals surface area contributed by atoms with E-state index in [9.17, 15) is 4.79 Å². The third kappa shape index (κ3) is 4.64. The molecule has 0 saturated carbocycles. The van der Waals surface area contributed by atoms with Crippen LogP contribution >= 0.6 is 0 Å². The number of carbonyl (C=O) groups is 1. The Labute approximate surface area is 214 Å². The van der Waals surface area contributed by atoms with E-state index >= 15 is 0 Å². The van der Waals surface area contributed by atoms with Crippen molar-refractivity contribution in [1.82, 2.24) is 29.9 Å². The van der Waals surface area contributed by atoms with E-state index in [2.05, 4.69) is 41.2 Å². The molecular weight excluding hydrogens is 464 g/mol. The molecule has 1 fully saturated rings. The Kier molecular flexibility index (Phi) is 6.04. The molecule has 0 radical (unpaired) electrons. The first-order chi connectivity index (χ1) is 18.0. The van der Waals surface area contributed by atoms with Crippen molar-refractivity contribution in [3.8, 4) is 22.5 Å². The maximum absolute atomic E-state index is 12.2. The van der Waals surface area contributed by atoms with Crippen LogP contribution in [0.15, 0.2) is 49.3 Å². The number of nitrogens with zero attached hydrogens (tertiary/aromatic N) is 5. The summed E-state index contributed by atoms with van der Waals surface area (Å²) in [6.07, 6.45) is 15.1. The van der Waals surface area contributed by atoms with Gasteiger partial charge in [-0.05, 0) is 37.3 Å². The second kappa shape index (κ2) is 9.65. The molecule has 5 aromatic heterocycles. The van der Waals surface area contributed by atoms with Gasteiger partial charge in [-0.2, -0.15) is 0 Å². The predicted octanol–water partition coefficient (Wildman–Crippen LogP) is 5.54. The SMILES string of the molecule is CC(C)CC(=O)Nc1cncc(-c2cnc3[nH]cc(-c4nc5c(N6CCCCC6)cncc5[nH]4)c3c2)c1. The van der Waals surface area contributed by atoms with Gasteiger partial charge in [-0.3, -0.25) is 14.8 Å². The van der Waals surface area contributed by atoms with Crippen molar-refractivity contribution >= 4 is 39.3 Å². The van der Waals surface area contributed by atoms with E-state index < -0.39 is 0 Å². The van der Waals surface area contributed by atoms with E-state index in [-0.39, 0.29) is 5.91 Å². The lowest BCUT2D eigenvalue weighted by molar-refractivity contribution is -0.116. The van der Waals surface area contributed by atoms with Crippen LogP contribution in [0.5, 0.6) is 0 Å². The standard InChI is InChI=1S/C28H30N8O/c1-17(2)8-25(37)33-20-9-18(11-29-13-20)19-10-21-22(14-32-27(21)31-12-19)28-34-23-15-30-16-24(26(23)35-28)36-6-4-3-5-7-36/h9-17H,3-8H2,1-2H3,(H,31,32)(H,33,37)(H,34,35). The van der Waals surface area contributed by atoms with Crippen LogP contribution in [0.2, 0.25) is 0 Å². The maximum atomic E-state index is 12.2. The van der Waals surface area contributed by atoms with Gasteiger partial charge in [0.25, 0.3) is 0 Å². The van der Waals surface area contributed by atoms with E-state index in [0.717, 1.165) is 63.4 Å². The summed E-state index contributed by atoms with van der Waals surface area (Å²) in [5, 5.41) is 3.90. The van der Waals surface area contributed by atoms with Crippen molar-refractivity contribution in [2.75, 3.05) is 23.3 Å². The molecule has 0 aliphatic carbocycles. The van der Waals surface area contributed by atoms with Crippen molar-refractivity contribution in [1.29, 1.82) is 0 Å². The van der Waals surface area contributed by atoms with Crippen LogP contribution in [0.25, 0.3) is 44.6 Å². The first kappa shape index (κ1) is 23.1. The summed E-state index contributed by atoms with van der Waals surface area (Å²) in [4.78, 5) is 39.8. The molecule has 0 atom stereocenters. The number of aromatic nitrogens is 6. The predicted molar refractivity (Wildman–Crippen MR) is 146 cm³/mol. The minimum atomic E-state index is -0.0151. The number of H-pyrrole nitrogens is 2. The second-order valence-electron chi connectivity index (χ2n) is 10.1. The lowest BCUT2D eigenvalue weighted by Crippen LogP contribution is -2.29. The van der Waals surface area contributed by atoms with Crippen molar-refractivity contribution in [3.05, 3.63) is 49.3 Å². The largest absolute Gasteiger partial charge is 0.368 e. The van der Waals surface area contributed by atoms with E-state index in [4.69, 9.17) is 4.98 Å². The highest BCUT2D eigenvalue weighted by Crippen LogP contribution is 2.33. The van der Waals surface area contributed by atoms with Crippen molar-refractivity contribution in [2.24, 2.45) is 5.92 Å². The fourth-order valence-electron chi connectivity index (χ4n) is 5.02. The molecule has 5 aromatic rings. The molecule has 3 N–H and O–H groups in total. The summed E-state index contributed by atoms with van der Waals surface area (Å²) < 4.78 is 0. The topological polar surface area (TPSA) is 115 Å². The van der Waals surface area contributed by atoms with E-state index in [1.54, 1.807) is 12.4 Å². The number of imidazole rings is 1. The highest BCUT2D eigenvalue weighted by molar-refractivity contribution is 5.98. The Hall–Kier alpha value is -4.27. The highest BCUT2D eigenvalue weighted by atomic mass is 16.1. The zero-order valence-electron chi connectivity index (χ0n) is 21.1. The van der Waals surface area contributed by atoms with Crippen molar-refractivity contribution in [3.63, 3.8) is 0 Å². The lowest BCUT2D eigenvalue weighted by atomic mass is 10.1. The molecule has 1 aliphatic rings. The lowest BCUT2D eigenvalue weighted by Gasteiger charge is -2.28. The molecule has 0 spiro atoms. The van der Waals surface area contributed by atoms with Gasteiger partial charge in [-0.25, -0.2) is 9.97 Å². The van der Waals surface area contributed by atoms with Crippen molar-refractivity contribution < 1.29 is 4.79 Å². The Morgan fingerprint density at radius 2 is 1.84 bits per heavy atom. The fraction of sp³-hybridized carbons (Fsp3) is 0.321. The Balaban J connectivity index is 1.35. The number of hydrogen-bond donors (Lipinski definition) is 3. The first-order valence-corrected chi connectivity index (χ1v) is 12.9. The van der Waals surface area contributed by atoms with Crippen LogP contribution in [0.4, 0.5) is 11.4 Å². The summed E-state index contributed by atoms with van der Waals surface area (Å²) in [6.45, 7) is 6.12. The Morgan fingerprint density at radius 1 is 1.03 bits per heavy atom. The average molecular weight is 495 g/mol.